The maximum Gasteiger partial charge on any atom is 0.234 e. The number of carbonyl (C=O) groups is 1. The summed E-state index contributed by atoms with van der Waals surface area (Å²) >= 11 is 9.02. The number of benzene rings is 1. The molecule has 26 heavy (non-hydrogen) atoms. The van der Waals surface area contributed by atoms with Crippen molar-refractivity contribution < 1.29 is 9.53 Å². The fourth-order valence-electron chi connectivity index (χ4n) is 3.10. The van der Waals surface area contributed by atoms with Crippen LogP contribution in [-0.4, -0.2) is 30.1 Å². The van der Waals surface area contributed by atoms with E-state index in [4.69, 9.17) is 21.3 Å². The maximum absolute atomic E-state index is 13.1. The molecular formula is C19H19ClN2O2S2. The fraction of sp³-hybridized carbons (Fsp3) is 0.368. The van der Waals surface area contributed by atoms with E-state index in [1.54, 1.807) is 16.2 Å². The molecule has 0 bridgehead atoms. The van der Waals surface area contributed by atoms with Gasteiger partial charge >= 0.3 is 0 Å². The zero-order valence-corrected chi connectivity index (χ0v) is 16.8. The number of aromatic nitrogens is 1. The van der Waals surface area contributed by atoms with E-state index in [0.29, 0.717) is 17.3 Å². The van der Waals surface area contributed by atoms with Crippen molar-refractivity contribution in [3.63, 3.8) is 0 Å². The Morgan fingerprint density at radius 3 is 2.96 bits per heavy atom. The molecule has 3 heterocycles. The third-order valence-electron chi connectivity index (χ3n) is 4.43. The Morgan fingerprint density at radius 1 is 1.35 bits per heavy atom. The Hall–Kier alpha value is -1.47. The molecule has 1 unspecified atom stereocenters. The zero-order valence-electron chi connectivity index (χ0n) is 14.4. The SMILES string of the molecule is Cc1ccc2nc(N(CC3CCCO3)C(=O)Cc3ccc(Cl)s3)sc2c1. The number of ether oxygens (including phenoxy) is 1. The minimum Gasteiger partial charge on any atom is -0.376 e. The average Bonchev–Trinajstić information content (AvgIpc) is 3.33. The summed E-state index contributed by atoms with van der Waals surface area (Å²) in [5, 5.41) is 0.744. The summed E-state index contributed by atoms with van der Waals surface area (Å²) in [5.74, 6) is 0.0368. The molecule has 7 heteroatoms. The molecule has 0 spiro atoms. The predicted octanol–water partition coefficient (Wildman–Crippen LogP) is 5.07. The second-order valence-electron chi connectivity index (χ2n) is 6.49. The van der Waals surface area contributed by atoms with E-state index in [0.717, 1.165) is 39.7 Å². The van der Waals surface area contributed by atoms with Crippen molar-refractivity contribution in [2.24, 2.45) is 0 Å². The van der Waals surface area contributed by atoms with Crippen LogP contribution in [-0.2, 0) is 16.0 Å². The standard InChI is InChI=1S/C19H19ClN2O2S2/c1-12-4-6-15-16(9-12)26-19(21-15)22(11-13-3-2-8-24-13)18(23)10-14-5-7-17(20)25-14/h4-7,9,13H,2-3,8,10-11H2,1H3. The minimum absolute atomic E-state index is 0.0368. The first-order chi connectivity index (χ1) is 12.6. The number of thiophene rings is 1. The number of thiazole rings is 1. The molecule has 0 aliphatic carbocycles. The Bertz CT molecular complexity index is 931. The molecule has 2 aromatic heterocycles. The van der Waals surface area contributed by atoms with Crippen LogP contribution in [0.25, 0.3) is 10.2 Å². The number of rotatable bonds is 5. The van der Waals surface area contributed by atoms with Crippen molar-refractivity contribution in [1.82, 2.24) is 4.98 Å². The first-order valence-corrected chi connectivity index (χ1v) is 10.6. The molecule has 0 saturated carbocycles. The Morgan fingerprint density at radius 2 is 2.23 bits per heavy atom. The van der Waals surface area contributed by atoms with Gasteiger partial charge in [0.1, 0.15) is 0 Å². The van der Waals surface area contributed by atoms with Gasteiger partial charge in [-0.15, -0.1) is 11.3 Å². The van der Waals surface area contributed by atoms with Crippen molar-refractivity contribution in [1.29, 1.82) is 0 Å². The van der Waals surface area contributed by atoms with Gasteiger partial charge in [0, 0.05) is 11.5 Å². The van der Waals surface area contributed by atoms with Crippen LogP contribution in [0.4, 0.5) is 5.13 Å². The monoisotopic (exact) mass is 406 g/mol. The first kappa shape index (κ1) is 17.9. The van der Waals surface area contributed by atoms with Crippen molar-refractivity contribution in [2.75, 3.05) is 18.1 Å². The van der Waals surface area contributed by atoms with Crippen LogP contribution in [0.3, 0.4) is 0 Å². The van der Waals surface area contributed by atoms with E-state index in [9.17, 15) is 4.79 Å². The molecule has 4 rings (SSSR count). The summed E-state index contributed by atoms with van der Waals surface area (Å²) in [6, 6.07) is 9.92. The smallest absolute Gasteiger partial charge is 0.234 e. The third kappa shape index (κ3) is 3.93. The summed E-state index contributed by atoms with van der Waals surface area (Å²) in [6.45, 7) is 3.39. The quantitative estimate of drug-likeness (QED) is 0.593. The zero-order chi connectivity index (χ0) is 18.1. The molecule has 1 aliphatic rings. The second kappa shape index (κ2) is 7.64. The van der Waals surface area contributed by atoms with E-state index >= 15 is 0 Å². The van der Waals surface area contributed by atoms with Crippen LogP contribution in [0.15, 0.2) is 30.3 Å². The molecule has 1 amide bonds. The van der Waals surface area contributed by atoms with E-state index < -0.39 is 0 Å². The van der Waals surface area contributed by atoms with Gasteiger partial charge < -0.3 is 4.74 Å². The molecule has 1 fully saturated rings. The van der Waals surface area contributed by atoms with E-state index in [2.05, 4.69) is 13.0 Å². The number of anilines is 1. The molecule has 3 aromatic rings. The largest absolute Gasteiger partial charge is 0.376 e. The molecule has 4 nitrogen and oxygen atoms in total. The van der Waals surface area contributed by atoms with E-state index in [-0.39, 0.29) is 12.0 Å². The van der Waals surface area contributed by atoms with Crippen LogP contribution >= 0.6 is 34.3 Å². The Kier molecular flexibility index (Phi) is 5.27. The number of aryl methyl sites for hydroxylation is 1. The molecule has 1 aliphatic heterocycles. The van der Waals surface area contributed by atoms with E-state index in [1.165, 1.54) is 16.9 Å². The lowest BCUT2D eigenvalue weighted by Crippen LogP contribution is -2.38. The van der Waals surface area contributed by atoms with Crippen LogP contribution in [0.2, 0.25) is 4.34 Å². The highest BCUT2D eigenvalue weighted by atomic mass is 35.5. The highest BCUT2D eigenvalue weighted by Crippen LogP contribution is 2.31. The summed E-state index contributed by atoms with van der Waals surface area (Å²) in [5.41, 5.74) is 2.12. The molecule has 1 atom stereocenters. The van der Waals surface area contributed by atoms with Gasteiger partial charge in [0.15, 0.2) is 5.13 Å². The highest BCUT2D eigenvalue weighted by Gasteiger charge is 2.26. The van der Waals surface area contributed by atoms with Gasteiger partial charge in [-0.05, 0) is 49.6 Å². The molecule has 1 aromatic carbocycles. The second-order valence-corrected chi connectivity index (χ2v) is 9.30. The number of carbonyl (C=O) groups excluding carboxylic acids is 1. The van der Waals surface area contributed by atoms with Gasteiger partial charge in [0.05, 0.1) is 33.6 Å². The topological polar surface area (TPSA) is 42.4 Å². The summed E-state index contributed by atoms with van der Waals surface area (Å²) < 4.78 is 7.57. The fourth-order valence-corrected chi connectivity index (χ4v) is 5.27. The van der Waals surface area contributed by atoms with Crippen molar-refractivity contribution in [2.45, 2.75) is 32.3 Å². The van der Waals surface area contributed by atoms with Gasteiger partial charge in [0.25, 0.3) is 0 Å². The van der Waals surface area contributed by atoms with Crippen LogP contribution in [0.1, 0.15) is 23.3 Å². The van der Waals surface area contributed by atoms with Gasteiger partial charge in [-0.25, -0.2) is 4.98 Å². The summed E-state index contributed by atoms with van der Waals surface area (Å²) in [6.07, 6.45) is 2.45. The molecule has 0 radical (unpaired) electrons. The van der Waals surface area contributed by atoms with Crippen LogP contribution in [0.5, 0.6) is 0 Å². The molecule has 136 valence electrons. The van der Waals surface area contributed by atoms with E-state index in [1.807, 2.05) is 24.3 Å². The maximum atomic E-state index is 13.1. The predicted molar refractivity (Wildman–Crippen MR) is 109 cm³/mol. The molecule has 1 saturated heterocycles. The number of halogens is 1. The van der Waals surface area contributed by atoms with Crippen molar-refractivity contribution >= 4 is 55.5 Å². The van der Waals surface area contributed by atoms with Gasteiger partial charge in [-0.3, -0.25) is 9.69 Å². The van der Waals surface area contributed by atoms with Gasteiger partial charge in [-0.1, -0.05) is 29.0 Å². The summed E-state index contributed by atoms with van der Waals surface area (Å²) in [4.78, 5) is 20.5. The third-order valence-corrected chi connectivity index (χ3v) is 6.70. The van der Waals surface area contributed by atoms with Crippen molar-refractivity contribution in [3.8, 4) is 0 Å². The molecular weight excluding hydrogens is 388 g/mol. The van der Waals surface area contributed by atoms with Gasteiger partial charge in [0.2, 0.25) is 5.91 Å². The lowest BCUT2D eigenvalue weighted by atomic mass is 10.2. The van der Waals surface area contributed by atoms with Crippen molar-refractivity contribution in [3.05, 3.63) is 45.1 Å². The summed E-state index contributed by atoms with van der Waals surface area (Å²) in [7, 11) is 0. The Balaban J connectivity index is 1.62. The number of hydrogen-bond acceptors (Lipinski definition) is 5. The lowest BCUT2D eigenvalue weighted by Gasteiger charge is -2.22. The number of amides is 1. The highest BCUT2D eigenvalue weighted by molar-refractivity contribution is 7.22. The molecule has 0 N–H and O–H groups in total. The van der Waals surface area contributed by atoms with Crippen LogP contribution < -0.4 is 4.90 Å². The van der Waals surface area contributed by atoms with Gasteiger partial charge in [-0.2, -0.15) is 0 Å². The number of hydrogen-bond donors (Lipinski definition) is 0. The first-order valence-electron chi connectivity index (χ1n) is 8.62. The van der Waals surface area contributed by atoms with Crippen LogP contribution in [0, 0.1) is 6.92 Å². The minimum atomic E-state index is 0.0368. The Labute approximate surface area is 165 Å². The lowest BCUT2D eigenvalue weighted by molar-refractivity contribution is -0.118. The number of nitrogens with zero attached hydrogens (tertiary/aromatic N) is 2. The average molecular weight is 407 g/mol. The normalized spacial score (nSPS) is 17.1. The number of fused-ring (bicyclic) bond motifs is 1.